The molecule has 2 N–H and O–H groups in total. The van der Waals surface area contributed by atoms with E-state index < -0.39 is 10.0 Å². The standard InChI is InChI=1S/C18H18Cl2N2O4S/c1-12(23)13-3-6-16(7-4-13)27(25,26)22-9-8-18(24)21-11-14-2-5-15(19)10-17(14)20/h2-7,10,22H,8-9,11H2,1H3,(H,21,24). The lowest BCUT2D eigenvalue weighted by Gasteiger charge is -2.09. The second kappa shape index (κ2) is 9.32. The first-order chi connectivity index (χ1) is 12.7. The molecule has 0 fully saturated rings. The van der Waals surface area contributed by atoms with Crippen LogP contribution in [0.5, 0.6) is 0 Å². The fourth-order valence-electron chi connectivity index (χ4n) is 2.20. The van der Waals surface area contributed by atoms with Crippen LogP contribution in [0.2, 0.25) is 10.0 Å². The van der Waals surface area contributed by atoms with E-state index in [0.717, 1.165) is 0 Å². The summed E-state index contributed by atoms with van der Waals surface area (Å²) < 4.78 is 26.7. The number of benzene rings is 2. The lowest BCUT2D eigenvalue weighted by atomic mass is 10.2. The van der Waals surface area contributed by atoms with Crippen molar-refractivity contribution in [2.75, 3.05) is 6.54 Å². The van der Waals surface area contributed by atoms with Crippen molar-refractivity contribution in [3.63, 3.8) is 0 Å². The van der Waals surface area contributed by atoms with E-state index in [1.807, 2.05) is 0 Å². The van der Waals surface area contributed by atoms with E-state index in [4.69, 9.17) is 23.2 Å². The summed E-state index contributed by atoms with van der Waals surface area (Å²) in [6, 6.07) is 10.5. The molecule has 0 saturated heterocycles. The van der Waals surface area contributed by atoms with Gasteiger partial charge in [0.15, 0.2) is 5.78 Å². The fourth-order valence-corrected chi connectivity index (χ4v) is 3.71. The average Bonchev–Trinajstić information content (AvgIpc) is 2.61. The quantitative estimate of drug-likeness (QED) is 0.631. The first kappa shape index (κ1) is 21.4. The van der Waals surface area contributed by atoms with Crippen molar-refractivity contribution >= 4 is 44.9 Å². The highest BCUT2D eigenvalue weighted by atomic mass is 35.5. The molecule has 0 aliphatic heterocycles. The second-order valence-corrected chi connectivity index (χ2v) is 8.35. The molecule has 1 amide bonds. The summed E-state index contributed by atoms with van der Waals surface area (Å²) in [5.74, 6) is -0.472. The number of ketones is 1. The Bertz CT molecular complexity index is 944. The summed E-state index contributed by atoms with van der Waals surface area (Å²) in [4.78, 5) is 23.1. The predicted molar refractivity (Wildman–Crippen MR) is 105 cm³/mol. The van der Waals surface area contributed by atoms with E-state index in [9.17, 15) is 18.0 Å². The van der Waals surface area contributed by atoms with Gasteiger partial charge < -0.3 is 5.32 Å². The first-order valence-electron chi connectivity index (χ1n) is 8.00. The van der Waals surface area contributed by atoms with Crippen LogP contribution in [0.3, 0.4) is 0 Å². The van der Waals surface area contributed by atoms with E-state index in [1.54, 1.807) is 18.2 Å². The van der Waals surface area contributed by atoms with Crippen LogP contribution in [-0.4, -0.2) is 26.7 Å². The number of carbonyl (C=O) groups is 2. The van der Waals surface area contributed by atoms with Gasteiger partial charge in [-0.15, -0.1) is 0 Å². The molecule has 144 valence electrons. The molecule has 0 bridgehead atoms. The summed E-state index contributed by atoms with van der Waals surface area (Å²) in [5.41, 5.74) is 1.13. The van der Waals surface area contributed by atoms with Gasteiger partial charge in [-0.1, -0.05) is 41.4 Å². The van der Waals surface area contributed by atoms with Crippen molar-refractivity contribution in [3.8, 4) is 0 Å². The molecule has 0 atom stereocenters. The number of rotatable bonds is 8. The number of carbonyl (C=O) groups excluding carboxylic acids is 2. The molecule has 0 aromatic heterocycles. The number of halogens is 2. The molecule has 2 rings (SSSR count). The molecular weight excluding hydrogens is 411 g/mol. The van der Waals surface area contributed by atoms with Crippen molar-refractivity contribution < 1.29 is 18.0 Å². The third-order valence-corrected chi connectivity index (χ3v) is 5.77. The predicted octanol–water partition coefficient (Wildman–Crippen LogP) is 3.18. The maximum atomic E-state index is 12.2. The topological polar surface area (TPSA) is 92.3 Å². The maximum Gasteiger partial charge on any atom is 0.240 e. The van der Waals surface area contributed by atoms with Crippen LogP contribution in [0.25, 0.3) is 0 Å². The maximum absolute atomic E-state index is 12.2. The Hall–Kier alpha value is -1.93. The minimum absolute atomic E-state index is 0.0286. The van der Waals surface area contributed by atoms with Crippen LogP contribution >= 0.6 is 23.2 Å². The van der Waals surface area contributed by atoms with E-state index in [1.165, 1.54) is 31.2 Å². The van der Waals surface area contributed by atoms with Crippen molar-refractivity contribution in [2.24, 2.45) is 0 Å². The second-order valence-electron chi connectivity index (χ2n) is 5.74. The van der Waals surface area contributed by atoms with Gasteiger partial charge in [-0.25, -0.2) is 13.1 Å². The van der Waals surface area contributed by atoms with E-state index in [2.05, 4.69) is 10.0 Å². The SMILES string of the molecule is CC(=O)c1ccc(S(=O)(=O)NCCC(=O)NCc2ccc(Cl)cc2Cl)cc1. The van der Waals surface area contributed by atoms with Crippen molar-refractivity contribution in [1.29, 1.82) is 0 Å². The Morgan fingerprint density at radius 1 is 1.04 bits per heavy atom. The molecule has 2 aromatic rings. The zero-order valence-electron chi connectivity index (χ0n) is 14.5. The van der Waals surface area contributed by atoms with Gasteiger partial charge in [0.2, 0.25) is 15.9 Å². The fraction of sp³-hybridized carbons (Fsp3) is 0.222. The van der Waals surface area contributed by atoms with Crippen LogP contribution in [0.4, 0.5) is 0 Å². The van der Waals surface area contributed by atoms with Crippen LogP contribution in [0.1, 0.15) is 29.3 Å². The van der Waals surface area contributed by atoms with E-state index >= 15 is 0 Å². The van der Waals surface area contributed by atoms with Crippen LogP contribution < -0.4 is 10.0 Å². The monoisotopic (exact) mass is 428 g/mol. The number of Topliss-reactive ketones (excluding diaryl/α,β-unsaturated/α-hetero) is 1. The highest BCUT2D eigenvalue weighted by molar-refractivity contribution is 7.89. The molecule has 0 saturated carbocycles. The van der Waals surface area contributed by atoms with Gasteiger partial charge in [0, 0.05) is 35.1 Å². The van der Waals surface area contributed by atoms with Crippen LogP contribution in [0.15, 0.2) is 47.4 Å². The molecule has 0 aliphatic rings. The summed E-state index contributed by atoms with van der Waals surface area (Å²) in [6.07, 6.45) is -0.0318. The lowest BCUT2D eigenvalue weighted by Crippen LogP contribution is -2.30. The molecule has 0 radical (unpaired) electrons. The van der Waals surface area contributed by atoms with Crippen molar-refractivity contribution in [2.45, 2.75) is 24.8 Å². The molecule has 6 nitrogen and oxygen atoms in total. The number of amides is 1. The number of hydrogen-bond acceptors (Lipinski definition) is 4. The Morgan fingerprint density at radius 3 is 2.30 bits per heavy atom. The van der Waals surface area contributed by atoms with Gasteiger partial charge in [-0.2, -0.15) is 0 Å². The molecule has 27 heavy (non-hydrogen) atoms. The van der Waals surface area contributed by atoms with E-state index in [0.29, 0.717) is 21.2 Å². The molecule has 0 spiro atoms. The number of hydrogen-bond donors (Lipinski definition) is 2. The average molecular weight is 429 g/mol. The summed E-state index contributed by atoms with van der Waals surface area (Å²) in [6.45, 7) is 1.56. The van der Waals surface area contributed by atoms with Crippen LogP contribution in [0, 0.1) is 0 Å². The number of nitrogens with one attached hydrogen (secondary N) is 2. The van der Waals surface area contributed by atoms with E-state index in [-0.39, 0.29) is 36.1 Å². The Morgan fingerprint density at radius 2 is 1.70 bits per heavy atom. The Balaban J connectivity index is 1.83. The highest BCUT2D eigenvalue weighted by Gasteiger charge is 2.14. The highest BCUT2D eigenvalue weighted by Crippen LogP contribution is 2.20. The van der Waals surface area contributed by atoms with Crippen molar-refractivity contribution in [1.82, 2.24) is 10.0 Å². The zero-order valence-corrected chi connectivity index (χ0v) is 16.8. The largest absolute Gasteiger partial charge is 0.352 e. The Labute approximate surface area is 167 Å². The van der Waals surface area contributed by atoms with Gasteiger partial charge in [0.05, 0.1) is 4.90 Å². The van der Waals surface area contributed by atoms with Gasteiger partial charge in [0.1, 0.15) is 0 Å². The van der Waals surface area contributed by atoms with Gasteiger partial charge in [-0.3, -0.25) is 9.59 Å². The minimum Gasteiger partial charge on any atom is -0.352 e. The third kappa shape index (κ3) is 6.32. The molecule has 0 aliphatic carbocycles. The smallest absolute Gasteiger partial charge is 0.240 e. The van der Waals surface area contributed by atoms with Gasteiger partial charge in [0.25, 0.3) is 0 Å². The first-order valence-corrected chi connectivity index (χ1v) is 10.2. The summed E-state index contributed by atoms with van der Waals surface area (Å²) >= 11 is 11.8. The third-order valence-electron chi connectivity index (χ3n) is 3.71. The normalized spacial score (nSPS) is 11.2. The zero-order chi connectivity index (χ0) is 20.0. The van der Waals surface area contributed by atoms with Crippen molar-refractivity contribution in [3.05, 3.63) is 63.6 Å². The Kier molecular flexibility index (Phi) is 7.38. The molecule has 0 heterocycles. The summed E-state index contributed by atoms with van der Waals surface area (Å²) in [5, 5.41) is 3.61. The lowest BCUT2D eigenvalue weighted by molar-refractivity contribution is -0.121. The summed E-state index contributed by atoms with van der Waals surface area (Å²) in [7, 11) is -3.75. The molecule has 0 unspecified atom stereocenters. The van der Waals surface area contributed by atoms with Crippen LogP contribution in [-0.2, 0) is 21.4 Å². The minimum atomic E-state index is -3.75. The number of sulfonamides is 1. The van der Waals surface area contributed by atoms with Gasteiger partial charge >= 0.3 is 0 Å². The molecule has 9 heteroatoms. The molecule has 2 aromatic carbocycles. The van der Waals surface area contributed by atoms with Gasteiger partial charge in [-0.05, 0) is 36.8 Å². The molecular formula is C18H18Cl2N2O4S.